The Bertz CT molecular complexity index is 1360. The maximum atomic E-state index is 14.0. The Labute approximate surface area is 243 Å². The topological polar surface area (TPSA) is 85.5 Å². The second kappa shape index (κ2) is 17.5. The first-order chi connectivity index (χ1) is 19.5. The molecule has 216 valence electrons. The maximum Gasteiger partial charge on any atom is 0.252 e. The molecule has 0 radical (unpaired) electrons. The van der Waals surface area contributed by atoms with Gasteiger partial charge in [-0.15, -0.1) is 0 Å². The summed E-state index contributed by atoms with van der Waals surface area (Å²) in [5, 5.41) is 6.81. The molecule has 4 rings (SSSR count). The summed E-state index contributed by atoms with van der Waals surface area (Å²) >= 11 is 0. The van der Waals surface area contributed by atoms with E-state index >= 15 is 0 Å². The number of halogens is 1. The average Bonchev–Trinajstić information content (AvgIpc) is 2.97. The molecule has 6 heteroatoms. The van der Waals surface area contributed by atoms with Gasteiger partial charge in [0.1, 0.15) is 5.82 Å². The maximum absolute atomic E-state index is 14.0. The first kappa shape index (κ1) is 33.1. The third-order valence-electron chi connectivity index (χ3n) is 6.57. The number of rotatable bonds is 11. The Hall–Kier alpha value is -4.13. The summed E-state index contributed by atoms with van der Waals surface area (Å²) in [7, 11) is 0. The fourth-order valence-electron chi connectivity index (χ4n) is 4.49. The van der Waals surface area contributed by atoms with Gasteiger partial charge in [0.2, 0.25) is 0 Å². The van der Waals surface area contributed by atoms with Gasteiger partial charge in [0.05, 0.1) is 0 Å². The fourth-order valence-corrected chi connectivity index (χ4v) is 4.49. The van der Waals surface area contributed by atoms with E-state index in [0.29, 0.717) is 18.5 Å². The first-order valence-electron chi connectivity index (χ1n) is 14.0. The SMILES string of the molecule is CC.Cc1cccc(CNCC(C)[C@H](Cc2cccc(F)c2)NC(=O)/C(=C\c2ccncc2)c2ccccc2)c1.O. The van der Waals surface area contributed by atoms with E-state index in [-0.39, 0.29) is 29.2 Å². The number of benzene rings is 3. The third-order valence-corrected chi connectivity index (χ3v) is 6.57. The zero-order valence-corrected chi connectivity index (χ0v) is 24.4. The van der Waals surface area contributed by atoms with Crippen LogP contribution in [0.1, 0.15) is 48.6 Å². The number of pyridine rings is 1. The van der Waals surface area contributed by atoms with Gasteiger partial charge in [0.25, 0.3) is 5.91 Å². The molecular weight excluding hydrogens is 513 g/mol. The van der Waals surface area contributed by atoms with Crippen molar-refractivity contribution in [1.29, 1.82) is 0 Å². The van der Waals surface area contributed by atoms with Gasteiger partial charge in [-0.2, -0.15) is 0 Å². The Morgan fingerprint density at radius 2 is 1.59 bits per heavy atom. The molecule has 0 aliphatic heterocycles. The molecule has 2 atom stereocenters. The number of aromatic nitrogens is 1. The van der Waals surface area contributed by atoms with Crippen LogP contribution in [0.25, 0.3) is 11.6 Å². The van der Waals surface area contributed by atoms with Gasteiger partial charge in [-0.3, -0.25) is 9.78 Å². The van der Waals surface area contributed by atoms with Gasteiger partial charge >= 0.3 is 0 Å². The van der Waals surface area contributed by atoms with Crippen LogP contribution in [0.5, 0.6) is 0 Å². The molecule has 0 saturated carbocycles. The Morgan fingerprint density at radius 1 is 0.902 bits per heavy atom. The predicted octanol–water partition coefficient (Wildman–Crippen LogP) is 6.42. The number of hydrogen-bond donors (Lipinski definition) is 2. The van der Waals surface area contributed by atoms with Gasteiger partial charge < -0.3 is 16.1 Å². The van der Waals surface area contributed by atoms with Crippen LogP contribution in [0, 0.1) is 18.7 Å². The van der Waals surface area contributed by atoms with Crippen molar-refractivity contribution in [3.05, 3.63) is 137 Å². The molecule has 1 heterocycles. The van der Waals surface area contributed by atoms with Crippen LogP contribution in [0.15, 0.2) is 103 Å². The second-order valence-corrected chi connectivity index (χ2v) is 9.72. The molecule has 1 unspecified atom stereocenters. The highest BCUT2D eigenvalue weighted by molar-refractivity contribution is 6.24. The molecule has 0 saturated heterocycles. The van der Waals surface area contributed by atoms with E-state index in [4.69, 9.17) is 0 Å². The number of carbonyl (C=O) groups excluding carboxylic acids is 1. The standard InChI is InChI=1S/C33H34FN3O.C2H6.H2O/c1-24-8-6-10-28(18-24)23-36-22-25(2)32(21-27-9-7-13-30(34)19-27)37-33(38)31(29-11-4-3-5-12-29)20-26-14-16-35-17-15-26;1-2;/h3-20,25,32,36H,21-23H2,1-2H3,(H,37,38);1-2H3;1H2/b31-20-;;/t25?,32-;;/m0../s1. The van der Waals surface area contributed by atoms with Crippen LogP contribution >= 0.6 is 0 Å². The van der Waals surface area contributed by atoms with E-state index < -0.39 is 0 Å². The molecule has 5 nitrogen and oxygen atoms in total. The van der Waals surface area contributed by atoms with Gasteiger partial charge in [0.15, 0.2) is 0 Å². The van der Waals surface area contributed by atoms with Crippen molar-refractivity contribution in [2.75, 3.05) is 6.54 Å². The zero-order chi connectivity index (χ0) is 28.7. The third kappa shape index (κ3) is 10.7. The van der Waals surface area contributed by atoms with E-state index in [1.807, 2.05) is 68.5 Å². The lowest BCUT2D eigenvalue weighted by Gasteiger charge is -2.27. The van der Waals surface area contributed by atoms with E-state index in [1.165, 1.54) is 23.3 Å². The van der Waals surface area contributed by atoms with Crippen LogP contribution in [-0.4, -0.2) is 29.0 Å². The fraction of sp³-hybridized carbons (Fsp3) is 0.257. The number of hydrogen-bond acceptors (Lipinski definition) is 3. The van der Waals surface area contributed by atoms with Gasteiger partial charge in [-0.25, -0.2) is 4.39 Å². The molecule has 0 fully saturated rings. The van der Waals surface area contributed by atoms with Crippen molar-refractivity contribution in [2.45, 2.75) is 46.7 Å². The molecule has 41 heavy (non-hydrogen) atoms. The number of nitrogens with one attached hydrogen (secondary N) is 2. The van der Waals surface area contributed by atoms with Crippen molar-refractivity contribution in [2.24, 2.45) is 5.92 Å². The summed E-state index contributed by atoms with van der Waals surface area (Å²) in [6.07, 6.45) is 5.82. The normalized spacial score (nSPS) is 12.3. The molecule has 0 aliphatic carbocycles. The molecule has 0 spiro atoms. The molecule has 1 amide bonds. The van der Waals surface area contributed by atoms with Crippen LogP contribution in [0.3, 0.4) is 0 Å². The monoisotopic (exact) mass is 555 g/mol. The van der Waals surface area contributed by atoms with Gasteiger partial charge in [0, 0.05) is 30.6 Å². The number of nitrogens with zero attached hydrogens (tertiary/aromatic N) is 1. The summed E-state index contributed by atoms with van der Waals surface area (Å²) in [4.78, 5) is 17.8. The van der Waals surface area contributed by atoms with E-state index in [0.717, 1.165) is 23.2 Å². The highest BCUT2D eigenvalue weighted by Crippen LogP contribution is 2.20. The molecule has 0 bridgehead atoms. The van der Waals surface area contributed by atoms with Gasteiger partial charge in [-0.05, 0) is 78.4 Å². The van der Waals surface area contributed by atoms with Gasteiger partial charge in [-0.1, -0.05) is 93.1 Å². The minimum absolute atomic E-state index is 0. The Kier molecular flexibility index (Phi) is 14.1. The highest BCUT2D eigenvalue weighted by Gasteiger charge is 2.23. The number of amides is 1. The Morgan fingerprint density at radius 3 is 2.27 bits per heavy atom. The lowest BCUT2D eigenvalue weighted by Crippen LogP contribution is -2.44. The number of carbonyl (C=O) groups is 1. The summed E-state index contributed by atoms with van der Waals surface area (Å²) in [5.74, 6) is -0.356. The van der Waals surface area contributed by atoms with Crippen molar-refractivity contribution < 1.29 is 14.7 Å². The molecule has 3 aromatic carbocycles. The Balaban J connectivity index is 0.00000192. The van der Waals surface area contributed by atoms with Crippen LogP contribution in [-0.2, 0) is 17.8 Å². The molecule has 4 aromatic rings. The zero-order valence-electron chi connectivity index (χ0n) is 24.4. The molecular formula is C35H42FN3O2. The predicted molar refractivity (Wildman–Crippen MR) is 168 cm³/mol. The van der Waals surface area contributed by atoms with E-state index in [2.05, 4.69) is 53.7 Å². The number of aryl methyl sites for hydroxylation is 1. The van der Waals surface area contributed by atoms with Crippen LogP contribution in [0.2, 0.25) is 0 Å². The van der Waals surface area contributed by atoms with E-state index in [1.54, 1.807) is 18.5 Å². The lowest BCUT2D eigenvalue weighted by atomic mass is 9.93. The quantitative estimate of drug-likeness (QED) is 0.209. The van der Waals surface area contributed by atoms with Crippen LogP contribution < -0.4 is 10.6 Å². The largest absolute Gasteiger partial charge is 0.412 e. The average molecular weight is 556 g/mol. The van der Waals surface area contributed by atoms with Crippen molar-refractivity contribution in [3.8, 4) is 0 Å². The first-order valence-corrected chi connectivity index (χ1v) is 14.0. The summed E-state index contributed by atoms with van der Waals surface area (Å²) in [6, 6.07) is 28.2. The summed E-state index contributed by atoms with van der Waals surface area (Å²) in [5.41, 5.74) is 5.58. The minimum Gasteiger partial charge on any atom is -0.412 e. The second-order valence-electron chi connectivity index (χ2n) is 9.72. The molecule has 0 aliphatic rings. The molecule has 1 aromatic heterocycles. The van der Waals surface area contributed by atoms with Crippen molar-refractivity contribution in [1.82, 2.24) is 15.6 Å². The lowest BCUT2D eigenvalue weighted by molar-refractivity contribution is -0.116. The van der Waals surface area contributed by atoms with E-state index in [9.17, 15) is 9.18 Å². The van der Waals surface area contributed by atoms with Crippen molar-refractivity contribution >= 4 is 17.6 Å². The minimum atomic E-state index is -0.277. The summed E-state index contributed by atoms with van der Waals surface area (Å²) in [6.45, 7) is 9.63. The van der Waals surface area contributed by atoms with Crippen molar-refractivity contribution in [3.63, 3.8) is 0 Å². The van der Waals surface area contributed by atoms with Crippen LogP contribution in [0.4, 0.5) is 4.39 Å². The molecule has 4 N–H and O–H groups in total. The highest BCUT2D eigenvalue weighted by atomic mass is 19.1. The summed E-state index contributed by atoms with van der Waals surface area (Å²) < 4.78 is 14.0. The smallest absolute Gasteiger partial charge is 0.252 e.